The van der Waals surface area contributed by atoms with Crippen molar-refractivity contribution < 1.29 is 17.9 Å². The first-order chi connectivity index (χ1) is 5.87. The minimum Gasteiger partial charge on any atom is -0.453 e. The maximum atomic E-state index is 11.1. The molecule has 0 saturated carbocycles. The Morgan fingerprint density at radius 2 is 2.15 bits per heavy atom. The first-order valence-corrected chi connectivity index (χ1v) is 5.76. The minimum absolute atomic E-state index is 0.00486. The smallest absolute Gasteiger partial charge is 0.407 e. The Morgan fingerprint density at radius 1 is 1.54 bits per heavy atom. The zero-order valence-corrected chi connectivity index (χ0v) is 8.48. The average Bonchev–Trinajstić information content (AvgIpc) is 2.25. The summed E-state index contributed by atoms with van der Waals surface area (Å²) in [6, 6.07) is 0. The Kier molecular flexibility index (Phi) is 2.51. The Labute approximate surface area is 77.4 Å². The quantitative estimate of drug-likeness (QED) is 0.652. The second kappa shape index (κ2) is 3.17. The van der Waals surface area contributed by atoms with Crippen LogP contribution in [-0.2, 0) is 14.6 Å². The lowest BCUT2D eigenvalue weighted by Crippen LogP contribution is -2.46. The van der Waals surface area contributed by atoms with Crippen LogP contribution in [0.1, 0.15) is 13.3 Å². The third-order valence-electron chi connectivity index (χ3n) is 2.09. The third kappa shape index (κ3) is 2.58. The summed E-state index contributed by atoms with van der Waals surface area (Å²) in [4.78, 5) is 10.9. The number of methoxy groups -OCH3 is 1. The lowest BCUT2D eigenvalue weighted by atomic mass is 10.0. The molecule has 76 valence electrons. The number of carbonyl (C=O) groups is 1. The second-order valence-corrected chi connectivity index (χ2v) is 5.70. The van der Waals surface area contributed by atoms with Crippen molar-refractivity contribution in [2.24, 2.45) is 0 Å². The lowest BCUT2D eigenvalue weighted by Gasteiger charge is -2.22. The van der Waals surface area contributed by atoms with Gasteiger partial charge in [-0.3, -0.25) is 0 Å². The maximum Gasteiger partial charge on any atom is 0.407 e. The summed E-state index contributed by atoms with van der Waals surface area (Å²) in [5.74, 6) is 0.128. The predicted molar refractivity (Wildman–Crippen MR) is 47.2 cm³/mol. The fourth-order valence-corrected chi connectivity index (χ4v) is 3.50. The highest BCUT2D eigenvalue weighted by atomic mass is 32.2. The number of alkyl carbamates (subject to hydrolysis) is 1. The van der Waals surface area contributed by atoms with E-state index in [2.05, 4.69) is 10.1 Å². The number of rotatable bonds is 1. The summed E-state index contributed by atoms with van der Waals surface area (Å²) < 4.78 is 26.6. The van der Waals surface area contributed by atoms with E-state index in [4.69, 9.17) is 0 Å². The summed E-state index contributed by atoms with van der Waals surface area (Å²) >= 11 is 0. The van der Waals surface area contributed by atoms with Crippen LogP contribution in [0.3, 0.4) is 0 Å². The van der Waals surface area contributed by atoms with Gasteiger partial charge in [0.15, 0.2) is 9.84 Å². The van der Waals surface area contributed by atoms with E-state index in [-0.39, 0.29) is 11.5 Å². The van der Waals surface area contributed by atoms with Crippen molar-refractivity contribution in [3.63, 3.8) is 0 Å². The Morgan fingerprint density at radius 3 is 2.54 bits per heavy atom. The van der Waals surface area contributed by atoms with E-state index in [1.807, 2.05) is 0 Å². The van der Waals surface area contributed by atoms with Gasteiger partial charge in [0.25, 0.3) is 0 Å². The first-order valence-electron chi connectivity index (χ1n) is 3.93. The molecule has 1 atom stereocenters. The van der Waals surface area contributed by atoms with Crippen LogP contribution in [0.2, 0.25) is 0 Å². The molecule has 1 aliphatic rings. The van der Waals surface area contributed by atoms with Gasteiger partial charge in [0.05, 0.1) is 24.2 Å². The monoisotopic (exact) mass is 207 g/mol. The number of ether oxygens (including phenoxy) is 1. The van der Waals surface area contributed by atoms with Crippen molar-refractivity contribution in [2.45, 2.75) is 18.9 Å². The van der Waals surface area contributed by atoms with Gasteiger partial charge in [-0.25, -0.2) is 13.2 Å². The van der Waals surface area contributed by atoms with Crippen LogP contribution in [0.25, 0.3) is 0 Å². The normalized spacial score (nSPS) is 31.2. The largest absolute Gasteiger partial charge is 0.453 e. The Hall–Kier alpha value is -0.780. The highest BCUT2D eigenvalue weighted by Crippen LogP contribution is 2.22. The van der Waals surface area contributed by atoms with Crippen molar-refractivity contribution in [3.8, 4) is 0 Å². The van der Waals surface area contributed by atoms with Gasteiger partial charge in [0.2, 0.25) is 0 Å². The summed E-state index contributed by atoms with van der Waals surface area (Å²) in [6.45, 7) is 1.70. The van der Waals surface area contributed by atoms with Gasteiger partial charge in [-0.05, 0) is 13.3 Å². The molecule has 1 fully saturated rings. The molecule has 1 heterocycles. The minimum atomic E-state index is -2.98. The molecule has 6 heteroatoms. The van der Waals surface area contributed by atoms with E-state index >= 15 is 0 Å². The van der Waals surface area contributed by atoms with Gasteiger partial charge in [-0.15, -0.1) is 0 Å². The van der Waals surface area contributed by atoms with Crippen LogP contribution >= 0.6 is 0 Å². The average molecular weight is 207 g/mol. The molecule has 1 amide bonds. The van der Waals surface area contributed by atoms with E-state index in [1.165, 1.54) is 7.11 Å². The molecule has 1 rings (SSSR count). The number of sulfone groups is 1. The number of hydrogen-bond acceptors (Lipinski definition) is 4. The number of hydrogen-bond donors (Lipinski definition) is 1. The maximum absolute atomic E-state index is 11.1. The zero-order chi connectivity index (χ0) is 10.1. The van der Waals surface area contributed by atoms with E-state index in [1.54, 1.807) is 6.92 Å². The van der Waals surface area contributed by atoms with Crippen molar-refractivity contribution >= 4 is 15.9 Å². The molecule has 1 saturated heterocycles. The third-order valence-corrected chi connectivity index (χ3v) is 4.00. The molecular formula is C7H13NO4S. The molecule has 0 aromatic rings. The van der Waals surface area contributed by atoms with E-state index in [9.17, 15) is 13.2 Å². The Balaban J connectivity index is 2.65. The molecule has 0 bridgehead atoms. The van der Waals surface area contributed by atoms with Crippen LogP contribution in [0.15, 0.2) is 0 Å². The molecule has 0 aliphatic carbocycles. The van der Waals surface area contributed by atoms with Crippen LogP contribution in [0, 0.1) is 0 Å². The number of nitrogens with one attached hydrogen (secondary N) is 1. The fraction of sp³-hybridized carbons (Fsp3) is 0.857. The zero-order valence-electron chi connectivity index (χ0n) is 7.66. The van der Waals surface area contributed by atoms with Crippen LogP contribution in [0.5, 0.6) is 0 Å². The molecule has 1 aliphatic heterocycles. The highest BCUT2D eigenvalue weighted by Gasteiger charge is 2.39. The van der Waals surface area contributed by atoms with Gasteiger partial charge < -0.3 is 10.1 Å². The second-order valence-electron chi connectivity index (χ2n) is 3.52. The molecular weight excluding hydrogens is 194 g/mol. The summed E-state index contributed by atoms with van der Waals surface area (Å²) in [5.41, 5.74) is -0.661. The fourth-order valence-electron chi connectivity index (χ4n) is 1.41. The number of carbonyl (C=O) groups excluding carboxylic acids is 1. The van der Waals surface area contributed by atoms with Crippen molar-refractivity contribution in [1.29, 1.82) is 0 Å². The molecule has 5 nitrogen and oxygen atoms in total. The molecule has 0 spiro atoms. The van der Waals surface area contributed by atoms with Gasteiger partial charge in [-0.1, -0.05) is 0 Å². The van der Waals surface area contributed by atoms with Crippen LogP contribution < -0.4 is 5.32 Å². The SMILES string of the molecule is COC(=O)NC1(C)CCS(=O)(=O)C1. The van der Waals surface area contributed by atoms with Crippen molar-refractivity contribution in [2.75, 3.05) is 18.6 Å². The van der Waals surface area contributed by atoms with E-state index < -0.39 is 21.5 Å². The predicted octanol–water partition coefficient (Wildman–Crippen LogP) is -0.0804. The van der Waals surface area contributed by atoms with Crippen molar-refractivity contribution in [1.82, 2.24) is 5.32 Å². The number of amides is 1. The highest BCUT2D eigenvalue weighted by molar-refractivity contribution is 7.91. The summed E-state index contributed by atoms with van der Waals surface area (Å²) in [7, 11) is -1.73. The van der Waals surface area contributed by atoms with Gasteiger partial charge in [0.1, 0.15) is 0 Å². The molecule has 1 unspecified atom stereocenters. The first kappa shape index (κ1) is 10.3. The Bertz CT molecular complexity index is 310. The summed E-state index contributed by atoms with van der Waals surface area (Å²) in [5, 5.41) is 2.52. The van der Waals surface area contributed by atoms with E-state index in [0.717, 1.165) is 0 Å². The van der Waals surface area contributed by atoms with E-state index in [0.29, 0.717) is 6.42 Å². The molecule has 13 heavy (non-hydrogen) atoms. The molecule has 1 N–H and O–H groups in total. The summed E-state index contributed by atoms with van der Waals surface area (Å²) in [6.07, 6.45) is -0.135. The molecule has 0 aromatic heterocycles. The van der Waals surface area contributed by atoms with Crippen LogP contribution in [-0.4, -0.2) is 38.7 Å². The van der Waals surface area contributed by atoms with Crippen LogP contribution in [0.4, 0.5) is 4.79 Å². The lowest BCUT2D eigenvalue weighted by molar-refractivity contribution is 0.160. The van der Waals surface area contributed by atoms with Crippen molar-refractivity contribution in [3.05, 3.63) is 0 Å². The van der Waals surface area contributed by atoms with Gasteiger partial charge in [-0.2, -0.15) is 0 Å². The van der Waals surface area contributed by atoms with Gasteiger partial charge >= 0.3 is 6.09 Å². The van der Waals surface area contributed by atoms with Gasteiger partial charge in [0, 0.05) is 0 Å². The standard InChI is InChI=1S/C7H13NO4S/c1-7(8-6(9)12-2)3-4-13(10,11)5-7/h3-5H2,1-2H3,(H,8,9). The molecule has 0 radical (unpaired) electrons. The molecule has 0 aromatic carbocycles. The topological polar surface area (TPSA) is 72.5 Å².